The molecule has 0 aromatic heterocycles. The molecule has 1 atom stereocenters. The molecular weight excluding hydrogens is 378 g/mol. The quantitative estimate of drug-likeness (QED) is 0.797. The number of carboxylic acid groups (broad SMARTS) is 1. The van der Waals surface area contributed by atoms with Crippen LogP contribution in [0.4, 0.5) is 0 Å². The van der Waals surface area contributed by atoms with Gasteiger partial charge in [0.2, 0.25) is 0 Å². The number of likely N-dealkylation sites (tertiary alicyclic amines) is 1. The molecule has 1 unspecified atom stereocenters. The van der Waals surface area contributed by atoms with E-state index in [0.29, 0.717) is 26.3 Å². The second kappa shape index (κ2) is 8.02. The van der Waals surface area contributed by atoms with Gasteiger partial charge in [0.05, 0.1) is 5.92 Å². The maximum Gasteiger partial charge on any atom is 0.309 e. The molecule has 0 saturated carbocycles. The van der Waals surface area contributed by atoms with Crippen molar-refractivity contribution < 1.29 is 19.4 Å². The van der Waals surface area contributed by atoms with Crippen LogP contribution in [-0.4, -0.2) is 41.7 Å². The van der Waals surface area contributed by atoms with Crippen LogP contribution in [-0.2, 0) is 24.2 Å². The van der Waals surface area contributed by atoms with Crippen LogP contribution in [0.2, 0.25) is 5.02 Å². The number of hydrogen-bond acceptors (Lipinski definition) is 4. The van der Waals surface area contributed by atoms with E-state index in [2.05, 4.69) is 17.9 Å². The third kappa shape index (κ3) is 3.82. The minimum Gasteiger partial charge on any atom is -0.492 e. The number of benzene rings is 2. The van der Waals surface area contributed by atoms with Gasteiger partial charge in [-0.05, 0) is 36.1 Å². The van der Waals surface area contributed by atoms with Crippen LogP contribution in [0.25, 0.3) is 0 Å². The molecule has 6 heteroatoms. The van der Waals surface area contributed by atoms with Gasteiger partial charge >= 0.3 is 5.97 Å². The summed E-state index contributed by atoms with van der Waals surface area (Å²) in [5.74, 6) is 0.655. The van der Waals surface area contributed by atoms with E-state index in [1.54, 1.807) is 0 Å². The average molecular weight is 402 g/mol. The maximum atomic E-state index is 11.0. The molecule has 4 rings (SSSR count). The Morgan fingerprint density at radius 1 is 1.32 bits per heavy atom. The van der Waals surface area contributed by atoms with E-state index in [0.717, 1.165) is 40.5 Å². The summed E-state index contributed by atoms with van der Waals surface area (Å²) in [6, 6.07) is 12.1. The Kier molecular flexibility index (Phi) is 5.47. The van der Waals surface area contributed by atoms with Gasteiger partial charge < -0.3 is 14.6 Å². The number of hydrogen-bond donors (Lipinski definition) is 1. The first-order valence-corrected chi connectivity index (χ1v) is 10.0. The third-order valence-electron chi connectivity index (χ3n) is 5.68. The lowest BCUT2D eigenvalue weighted by molar-refractivity contribution is -0.149. The topological polar surface area (TPSA) is 59.0 Å². The molecule has 148 valence electrons. The highest BCUT2D eigenvalue weighted by atomic mass is 35.5. The molecule has 28 heavy (non-hydrogen) atoms. The molecule has 2 heterocycles. The van der Waals surface area contributed by atoms with Crippen LogP contribution in [0.1, 0.15) is 23.6 Å². The van der Waals surface area contributed by atoms with E-state index in [1.165, 1.54) is 5.56 Å². The van der Waals surface area contributed by atoms with Crippen molar-refractivity contribution in [3.05, 3.63) is 58.1 Å². The van der Waals surface area contributed by atoms with E-state index < -0.39 is 5.97 Å². The molecule has 0 spiro atoms. The smallest absolute Gasteiger partial charge is 0.309 e. The van der Waals surface area contributed by atoms with Gasteiger partial charge in [0.1, 0.15) is 24.7 Å². The molecular formula is C22H24ClNO4. The fraction of sp³-hybridized carbons (Fsp3) is 0.409. The molecule has 2 aliphatic heterocycles. The Balaban J connectivity index is 1.39. The third-order valence-corrected chi connectivity index (χ3v) is 6.03. The van der Waals surface area contributed by atoms with Gasteiger partial charge in [-0.1, -0.05) is 36.7 Å². The molecule has 1 saturated heterocycles. The summed E-state index contributed by atoms with van der Waals surface area (Å²) in [5, 5.41) is 9.77. The van der Waals surface area contributed by atoms with Crippen molar-refractivity contribution in [3.8, 4) is 11.5 Å². The van der Waals surface area contributed by atoms with Gasteiger partial charge in [-0.15, -0.1) is 0 Å². The van der Waals surface area contributed by atoms with Crippen molar-refractivity contribution in [2.24, 2.45) is 5.92 Å². The summed E-state index contributed by atoms with van der Waals surface area (Å²) >= 11 is 6.34. The fourth-order valence-corrected chi connectivity index (χ4v) is 4.13. The van der Waals surface area contributed by atoms with Crippen molar-refractivity contribution >= 4 is 17.6 Å². The number of carboxylic acids is 1. The Hall–Kier alpha value is -2.24. The van der Waals surface area contributed by atoms with Crippen molar-refractivity contribution in [2.45, 2.75) is 32.4 Å². The van der Waals surface area contributed by atoms with Crippen molar-refractivity contribution in [3.63, 3.8) is 0 Å². The largest absolute Gasteiger partial charge is 0.492 e. The zero-order valence-corrected chi connectivity index (χ0v) is 16.6. The van der Waals surface area contributed by atoms with Gasteiger partial charge in [0.25, 0.3) is 0 Å². The molecule has 1 fully saturated rings. The fourth-order valence-electron chi connectivity index (χ4n) is 3.88. The van der Waals surface area contributed by atoms with Crippen molar-refractivity contribution in [2.75, 3.05) is 19.7 Å². The van der Waals surface area contributed by atoms with Crippen molar-refractivity contribution in [1.29, 1.82) is 0 Å². The van der Waals surface area contributed by atoms with Crippen LogP contribution < -0.4 is 9.47 Å². The van der Waals surface area contributed by atoms with Crippen LogP contribution >= 0.6 is 11.6 Å². The predicted octanol–water partition coefficient (Wildman–Crippen LogP) is 3.80. The lowest BCUT2D eigenvalue weighted by Crippen LogP contribution is -2.57. The average Bonchev–Trinajstić information content (AvgIpc) is 2.65. The first kappa shape index (κ1) is 19.1. The van der Waals surface area contributed by atoms with Gasteiger partial charge in [-0.3, -0.25) is 9.69 Å². The van der Waals surface area contributed by atoms with Crippen LogP contribution in [0.3, 0.4) is 0 Å². The highest BCUT2D eigenvalue weighted by molar-refractivity contribution is 6.31. The van der Waals surface area contributed by atoms with Gasteiger partial charge in [-0.25, -0.2) is 0 Å². The molecule has 0 bridgehead atoms. The number of rotatable bonds is 6. The number of aliphatic carboxylic acids is 1. The number of nitrogens with zero attached hydrogens (tertiary/aromatic N) is 1. The minimum atomic E-state index is -0.708. The van der Waals surface area contributed by atoms with Crippen LogP contribution in [0.15, 0.2) is 36.4 Å². The Labute approximate surface area is 169 Å². The first-order chi connectivity index (χ1) is 13.5. The molecule has 0 amide bonds. The highest BCUT2D eigenvalue weighted by Crippen LogP contribution is 2.33. The number of ether oxygens (including phenoxy) is 2. The Morgan fingerprint density at radius 2 is 2.14 bits per heavy atom. The lowest BCUT2D eigenvalue weighted by Gasteiger charge is -2.43. The minimum absolute atomic E-state index is 0.241. The summed E-state index contributed by atoms with van der Waals surface area (Å²) < 4.78 is 11.9. The van der Waals surface area contributed by atoms with E-state index >= 15 is 0 Å². The van der Waals surface area contributed by atoms with E-state index in [-0.39, 0.29) is 12.0 Å². The van der Waals surface area contributed by atoms with Gasteiger partial charge in [0.15, 0.2) is 0 Å². The second-order valence-electron chi connectivity index (χ2n) is 7.45. The van der Waals surface area contributed by atoms with E-state index in [1.807, 2.05) is 30.3 Å². The number of aryl methyl sites for hydroxylation is 1. The summed E-state index contributed by atoms with van der Waals surface area (Å²) in [6.07, 6.45) is 1.78. The van der Waals surface area contributed by atoms with Crippen LogP contribution in [0.5, 0.6) is 11.5 Å². The standard InChI is InChI=1S/C22H24ClNO4/c1-2-14-4-3-5-20(23)19(14)13-27-18-7-6-15-8-17(12-28-21(15)9-18)24-10-16(11-24)22(25)26/h3-7,9,16-17H,2,8,10-13H2,1H3,(H,25,26). The van der Waals surface area contributed by atoms with Crippen LogP contribution in [0, 0.1) is 5.92 Å². The second-order valence-corrected chi connectivity index (χ2v) is 7.85. The molecule has 5 nitrogen and oxygen atoms in total. The summed E-state index contributed by atoms with van der Waals surface area (Å²) in [5.41, 5.74) is 3.35. The maximum absolute atomic E-state index is 11.0. The normalized spacial score (nSPS) is 19.4. The first-order valence-electron chi connectivity index (χ1n) is 9.66. The summed E-state index contributed by atoms with van der Waals surface area (Å²) in [6.45, 7) is 4.33. The van der Waals surface area contributed by atoms with E-state index in [4.69, 9.17) is 26.2 Å². The number of fused-ring (bicyclic) bond motifs is 1. The SMILES string of the molecule is CCc1cccc(Cl)c1COc1ccc2c(c1)OCC(N1CC(C(=O)O)C1)C2. The van der Waals surface area contributed by atoms with Crippen molar-refractivity contribution in [1.82, 2.24) is 4.90 Å². The molecule has 2 aromatic carbocycles. The zero-order chi connectivity index (χ0) is 19.7. The van der Waals surface area contributed by atoms with Gasteiger partial charge in [-0.2, -0.15) is 0 Å². The zero-order valence-electron chi connectivity index (χ0n) is 15.9. The molecule has 1 N–H and O–H groups in total. The number of halogens is 1. The Bertz CT molecular complexity index is 879. The molecule has 2 aromatic rings. The summed E-state index contributed by atoms with van der Waals surface area (Å²) in [7, 11) is 0. The predicted molar refractivity (Wildman–Crippen MR) is 107 cm³/mol. The van der Waals surface area contributed by atoms with Gasteiger partial charge in [0, 0.05) is 35.8 Å². The molecule has 2 aliphatic rings. The monoisotopic (exact) mass is 401 g/mol. The van der Waals surface area contributed by atoms with E-state index in [9.17, 15) is 4.79 Å². The molecule has 0 aliphatic carbocycles. The highest BCUT2D eigenvalue weighted by Gasteiger charge is 2.38. The lowest BCUT2D eigenvalue weighted by atomic mass is 9.93. The molecule has 0 radical (unpaired) electrons. The summed E-state index contributed by atoms with van der Waals surface area (Å²) in [4.78, 5) is 13.2. The Morgan fingerprint density at radius 3 is 2.89 bits per heavy atom. The number of carbonyl (C=O) groups is 1.